The number of hydrogen-bond donors (Lipinski definition) is 3. The normalized spacial score (nSPS) is 10.0. The smallest absolute Gasteiger partial charge is 0.255 e. The van der Waals surface area contributed by atoms with Crippen molar-refractivity contribution in [2.24, 2.45) is 0 Å². The molecule has 130 valence electrons. The molecule has 0 spiro atoms. The molecule has 5 nitrogen and oxygen atoms in total. The maximum absolute atomic E-state index is 12.2. The number of nitrogens with one attached hydrogen (secondary N) is 3. The number of anilines is 2. The van der Waals surface area contributed by atoms with Crippen molar-refractivity contribution in [3.05, 3.63) is 59.1 Å². The summed E-state index contributed by atoms with van der Waals surface area (Å²) < 4.78 is 0. The second-order valence-electron chi connectivity index (χ2n) is 5.29. The molecule has 2 amide bonds. The highest BCUT2D eigenvalue weighted by Crippen LogP contribution is 2.16. The lowest BCUT2D eigenvalue weighted by Gasteiger charge is -2.10. The van der Waals surface area contributed by atoms with E-state index < -0.39 is 0 Å². The van der Waals surface area contributed by atoms with Crippen LogP contribution in [0, 0.1) is 0 Å². The van der Waals surface area contributed by atoms with Crippen LogP contribution >= 0.6 is 23.8 Å². The molecule has 2 aromatic carbocycles. The Morgan fingerprint density at radius 1 is 1.04 bits per heavy atom. The minimum atomic E-state index is -0.245. The molecule has 2 rings (SSSR count). The summed E-state index contributed by atoms with van der Waals surface area (Å²) in [5.41, 5.74) is 1.83. The standard InChI is InChI=1S/C18H18ClN3O2S/c1-2-4-16(23)22-18(25)21-15-9-7-14(8-10-15)20-17(24)12-5-3-6-13(19)11-12/h3,5-11H,2,4H2,1H3,(H,20,24)(H2,21,22,23,25). The summed E-state index contributed by atoms with van der Waals surface area (Å²) >= 11 is 11.0. The fourth-order valence-corrected chi connectivity index (χ4v) is 2.47. The monoisotopic (exact) mass is 375 g/mol. The van der Waals surface area contributed by atoms with E-state index in [1.54, 1.807) is 48.5 Å². The van der Waals surface area contributed by atoms with Gasteiger partial charge in [0.1, 0.15) is 0 Å². The summed E-state index contributed by atoms with van der Waals surface area (Å²) in [6.07, 6.45) is 1.19. The SMILES string of the molecule is CCCC(=O)NC(=S)Nc1ccc(NC(=O)c2cccc(Cl)c2)cc1. The third-order valence-electron chi connectivity index (χ3n) is 3.22. The Morgan fingerprint density at radius 2 is 1.68 bits per heavy atom. The Morgan fingerprint density at radius 3 is 2.28 bits per heavy atom. The number of amides is 2. The number of hydrogen-bond acceptors (Lipinski definition) is 3. The van der Waals surface area contributed by atoms with Crippen molar-refractivity contribution in [3.8, 4) is 0 Å². The van der Waals surface area contributed by atoms with E-state index in [9.17, 15) is 9.59 Å². The van der Waals surface area contributed by atoms with E-state index in [4.69, 9.17) is 23.8 Å². The third-order valence-corrected chi connectivity index (χ3v) is 3.66. The molecule has 0 unspecified atom stereocenters. The van der Waals surface area contributed by atoms with Gasteiger partial charge < -0.3 is 16.0 Å². The molecule has 0 atom stereocenters. The van der Waals surface area contributed by atoms with Gasteiger partial charge in [0.25, 0.3) is 5.91 Å². The van der Waals surface area contributed by atoms with Gasteiger partial charge in [-0.15, -0.1) is 0 Å². The number of benzene rings is 2. The zero-order valence-electron chi connectivity index (χ0n) is 13.6. The Bertz CT molecular complexity index is 778. The molecule has 0 aromatic heterocycles. The van der Waals surface area contributed by atoms with Crippen LogP contribution in [0.15, 0.2) is 48.5 Å². The molecule has 3 N–H and O–H groups in total. The second-order valence-corrected chi connectivity index (χ2v) is 6.14. The van der Waals surface area contributed by atoms with Crippen LogP contribution in [0.25, 0.3) is 0 Å². The van der Waals surface area contributed by atoms with Crippen LogP contribution in [0.4, 0.5) is 11.4 Å². The first-order valence-electron chi connectivity index (χ1n) is 7.75. The van der Waals surface area contributed by atoms with Crippen molar-refractivity contribution >= 4 is 52.1 Å². The number of rotatable bonds is 5. The van der Waals surface area contributed by atoms with Crippen LogP contribution in [-0.4, -0.2) is 16.9 Å². The van der Waals surface area contributed by atoms with Gasteiger partial charge in [0.15, 0.2) is 5.11 Å². The molecule has 0 aliphatic carbocycles. The summed E-state index contributed by atoms with van der Waals surface area (Å²) in [6.45, 7) is 1.92. The Hall–Kier alpha value is -2.44. The van der Waals surface area contributed by atoms with Crippen LogP contribution in [-0.2, 0) is 4.79 Å². The highest BCUT2D eigenvalue weighted by molar-refractivity contribution is 7.80. The highest BCUT2D eigenvalue weighted by Gasteiger charge is 2.07. The topological polar surface area (TPSA) is 70.2 Å². The van der Waals surface area contributed by atoms with Gasteiger partial charge in [0.2, 0.25) is 5.91 Å². The summed E-state index contributed by atoms with van der Waals surface area (Å²) in [5.74, 6) is -0.365. The van der Waals surface area contributed by atoms with E-state index in [1.165, 1.54) is 0 Å². The van der Waals surface area contributed by atoms with E-state index in [0.717, 1.165) is 6.42 Å². The van der Waals surface area contributed by atoms with Crippen molar-refractivity contribution in [2.75, 3.05) is 10.6 Å². The number of halogens is 1. The van der Waals surface area contributed by atoms with Gasteiger partial charge in [-0.25, -0.2) is 0 Å². The zero-order chi connectivity index (χ0) is 18.2. The Balaban J connectivity index is 1.92. The van der Waals surface area contributed by atoms with Crippen molar-refractivity contribution in [3.63, 3.8) is 0 Å². The highest BCUT2D eigenvalue weighted by atomic mass is 35.5. The largest absolute Gasteiger partial charge is 0.332 e. The van der Waals surface area contributed by atoms with Crippen molar-refractivity contribution in [1.29, 1.82) is 0 Å². The van der Waals surface area contributed by atoms with E-state index >= 15 is 0 Å². The van der Waals surface area contributed by atoms with Gasteiger partial charge >= 0.3 is 0 Å². The average Bonchev–Trinajstić information content (AvgIpc) is 2.56. The first-order chi connectivity index (χ1) is 12.0. The summed E-state index contributed by atoms with van der Waals surface area (Å²) in [4.78, 5) is 23.6. The van der Waals surface area contributed by atoms with Gasteiger partial charge in [-0.1, -0.05) is 24.6 Å². The lowest BCUT2D eigenvalue weighted by Crippen LogP contribution is -2.33. The third kappa shape index (κ3) is 6.17. The Labute approximate surface area is 156 Å². The predicted octanol–water partition coefficient (Wildman–Crippen LogP) is 4.21. The molecular formula is C18H18ClN3O2S. The lowest BCUT2D eigenvalue weighted by molar-refractivity contribution is -0.119. The van der Waals surface area contributed by atoms with Crippen LogP contribution in [0.5, 0.6) is 0 Å². The number of carbonyl (C=O) groups excluding carboxylic acids is 2. The molecule has 25 heavy (non-hydrogen) atoms. The van der Waals surface area contributed by atoms with E-state index in [2.05, 4.69) is 16.0 Å². The van der Waals surface area contributed by atoms with Crippen molar-refractivity contribution in [1.82, 2.24) is 5.32 Å². The molecule has 0 saturated carbocycles. The van der Waals surface area contributed by atoms with E-state index in [-0.39, 0.29) is 16.9 Å². The van der Waals surface area contributed by atoms with Crippen LogP contribution in [0.2, 0.25) is 5.02 Å². The van der Waals surface area contributed by atoms with Gasteiger partial charge in [-0.2, -0.15) is 0 Å². The molecule has 7 heteroatoms. The second kappa shape index (κ2) is 9.15. The maximum atomic E-state index is 12.2. The van der Waals surface area contributed by atoms with E-state index in [0.29, 0.717) is 28.4 Å². The Kier molecular flexibility index (Phi) is 6.91. The number of thiocarbonyl (C=S) groups is 1. The summed E-state index contributed by atoms with van der Waals surface area (Å²) in [5, 5.41) is 9.06. The molecule has 0 radical (unpaired) electrons. The lowest BCUT2D eigenvalue weighted by atomic mass is 10.2. The predicted molar refractivity (Wildman–Crippen MR) is 105 cm³/mol. The van der Waals surface area contributed by atoms with Crippen molar-refractivity contribution < 1.29 is 9.59 Å². The minimum Gasteiger partial charge on any atom is -0.332 e. The first kappa shape index (κ1) is 18.9. The van der Waals surface area contributed by atoms with Crippen LogP contribution in [0.3, 0.4) is 0 Å². The average molecular weight is 376 g/mol. The van der Waals surface area contributed by atoms with Gasteiger partial charge in [-0.3, -0.25) is 9.59 Å². The van der Waals surface area contributed by atoms with Crippen molar-refractivity contribution in [2.45, 2.75) is 19.8 Å². The molecule has 2 aromatic rings. The molecular weight excluding hydrogens is 358 g/mol. The number of carbonyl (C=O) groups is 2. The summed E-state index contributed by atoms with van der Waals surface area (Å²) in [6, 6.07) is 13.7. The molecule has 0 aliphatic heterocycles. The first-order valence-corrected chi connectivity index (χ1v) is 8.54. The minimum absolute atomic E-state index is 0.120. The summed E-state index contributed by atoms with van der Waals surface area (Å²) in [7, 11) is 0. The van der Waals surface area contributed by atoms with Gasteiger partial charge in [0.05, 0.1) is 0 Å². The van der Waals surface area contributed by atoms with Gasteiger partial charge in [0, 0.05) is 28.4 Å². The van der Waals surface area contributed by atoms with Crippen LogP contribution < -0.4 is 16.0 Å². The maximum Gasteiger partial charge on any atom is 0.255 e. The van der Waals surface area contributed by atoms with Gasteiger partial charge in [-0.05, 0) is 61.1 Å². The fourth-order valence-electron chi connectivity index (χ4n) is 2.05. The van der Waals surface area contributed by atoms with Crippen LogP contribution in [0.1, 0.15) is 30.1 Å². The fraction of sp³-hybridized carbons (Fsp3) is 0.167. The molecule has 0 heterocycles. The molecule has 0 bridgehead atoms. The van der Waals surface area contributed by atoms with E-state index in [1.807, 2.05) is 6.92 Å². The molecule has 0 saturated heterocycles. The molecule has 0 fully saturated rings. The molecule has 0 aliphatic rings. The zero-order valence-corrected chi connectivity index (χ0v) is 15.2. The quantitative estimate of drug-likeness (QED) is 0.685.